The van der Waals surface area contributed by atoms with Crippen LogP contribution in [-0.2, 0) is 4.79 Å². The Kier molecular flexibility index (Phi) is 4.45. The first kappa shape index (κ1) is 15.6. The first-order valence-electron chi connectivity index (χ1n) is 6.68. The van der Waals surface area contributed by atoms with Crippen molar-refractivity contribution in [3.05, 3.63) is 41.2 Å². The number of anilines is 1. The van der Waals surface area contributed by atoms with E-state index in [1.807, 2.05) is 6.92 Å². The summed E-state index contributed by atoms with van der Waals surface area (Å²) in [6.07, 6.45) is -0.836. The van der Waals surface area contributed by atoms with Crippen LogP contribution in [0.15, 0.2) is 28.8 Å². The number of aromatic nitrogens is 1. The van der Waals surface area contributed by atoms with Crippen LogP contribution in [-0.4, -0.2) is 23.1 Å². The summed E-state index contributed by atoms with van der Waals surface area (Å²) < 4.78 is 10.4. The maximum Gasteiger partial charge on any atom is 0.266 e. The summed E-state index contributed by atoms with van der Waals surface area (Å²) in [5, 5.41) is 6.23. The highest BCUT2D eigenvalue weighted by Crippen LogP contribution is 2.21. The molecule has 0 aliphatic carbocycles. The number of carbonyl (C=O) groups excluding carboxylic acids is 2. The third-order valence-electron chi connectivity index (χ3n) is 2.95. The lowest BCUT2D eigenvalue weighted by atomic mass is 10.1. The second-order valence-corrected chi connectivity index (χ2v) is 4.94. The Hall–Kier alpha value is -2.83. The van der Waals surface area contributed by atoms with Crippen LogP contribution in [0, 0.1) is 13.8 Å². The van der Waals surface area contributed by atoms with Crippen molar-refractivity contribution in [2.45, 2.75) is 26.9 Å². The molecule has 116 valence electrons. The average molecular weight is 303 g/mol. The Bertz CT molecular complexity index is 709. The molecule has 7 nitrogen and oxygen atoms in total. The molecule has 0 unspecified atom stereocenters. The maximum absolute atomic E-state index is 12.1. The summed E-state index contributed by atoms with van der Waals surface area (Å²) in [5.41, 5.74) is 6.41. The van der Waals surface area contributed by atoms with Gasteiger partial charge in [-0.25, -0.2) is 0 Å². The molecule has 3 N–H and O–H groups in total. The number of rotatable bonds is 5. The van der Waals surface area contributed by atoms with E-state index in [2.05, 4.69) is 10.5 Å². The highest BCUT2D eigenvalue weighted by atomic mass is 16.5. The normalized spacial score (nSPS) is 11.8. The van der Waals surface area contributed by atoms with E-state index >= 15 is 0 Å². The number of primary amides is 1. The van der Waals surface area contributed by atoms with Gasteiger partial charge in [0.1, 0.15) is 11.5 Å². The van der Waals surface area contributed by atoms with Crippen LogP contribution in [0.25, 0.3) is 0 Å². The van der Waals surface area contributed by atoms with E-state index in [1.165, 1.54) is 0 Å². The minimum atomic E-state index is -0.836. The van der Waals surface area contributed by atoms with Crippen molar-refractivity contribution in [2.24, 2.45) is 5.73 Å². The van der Waals surface area contributed by atoms with E-state index in [1.54, 1.807) is 38.1 Å². The number of nitrogens with zero attached hydrogens (tertiary/aromatic N) is 1. The van der Waals surface area contributed by atoms with Crippen molar-refractivity contribution in [2.75, 3.05) is 5.32 Å². The number of carbonyl (C=O) groups is 2. The van der Waals surface area contributed by atoms with Gasteiger partial charge >= 0.3 is 0 Å². The van der Waals surface area contributed by atoms with Gasteiger partial charge in [-0.05, 0) is 38.5 Å². The van der Waals surface area contributed by atoms with Crippen molar-refractivity contribution < 1.29 is 18.8 Å². The maximum atomic E-state index is 12.1. The number of hydrogen-bond acceptors (Lipinski definition) is 5. The van der Waals surface area contributed by atoms with Crippen molar-refractivity contribution in [1.29, 1.82) is 0 Å². The zero-order valence-electron chi connectivity index (χ0n) is 12.5. The molecule has 0 aliphatic heterocycles. The number of aryl methyl sites for hydroxylation is 2. The Morgan fingerprint density at radius 1 is 1.32 bits per heavy atom. The van der Waals surface area contributed by atoms with Gasteiger partial charge in [0, 0.05) is 6.07 Å². The van der Waals surface area contributed by atoms with Crippen LogP contribution in [0.4, 0.5) is 5.82 Å². The van der Waals surface area contributed by atoms with E-state index in [0.29, 0.717) is 11.6 Å². The minimum Gasteiger partial charge on any atom is -0.480 e. The Balaban J connectivity index is 2.11. The molecule has 7 heteroatoms. The summed E-state index contributed by atoms with van der Waals surface area (Å²) in [4.78, 5) is 23.5. The van der Waals surface area contributed by atoms with Crippen LogP contribution in [0.1, 0.15) is 28.6 Å². The zero-order chi connectivity index (χ0) is 16.3. The molecule has 0 aliphatic rings. The molecular formula is C15H17N3O4. The predicted octanol–water partition coefficient (Wildman–Crippen LogP) is 1.80. The van der Waals surface area contributed by atoms with Crippen LogP contribution in [0.3, 0.4) is 0 Å². The van der Waals surface area contributed by atoms with Gasteiger partial charge in [-0.15, -0.1) is 0 Å². The van der Waals surface area contributed by atoms with Gasteiger partial charge in [0.05, 0.1) is 5.56 Å². The largest absolute Gasteiger partial charge is 0.480 e. The van der Waals surface area contributed by atoms with Crippen molar-refractivity contribution >= 4 is 17.6 Å². The molecule has 22 heavy (non-hydrogen) atoms. The van der Waals surface area contributed by atoms with E-state index in [4.69, 9.17) is 15.0 Å². The lowest BCUT2D eigenvalue weighted by molar-refractivity contribution is -0.122. The Morgan fingerprint density at radius 3 is 2.64 bits per heavy atom. The average Bonchev–Trinajstić information content (AvgIpc) is 2.83. The zero-order valence-corrected chi connectivity index (χ0v) is 12.5. The molecule has 0 fully saturated rings. The van der Waals surface area contributed by atoms with Gasteiger partial charge in [-0.1, -0.05) is 11.2 Å². The predicted molar refractivity (Wildman–Crippen MR) is 79.7 cm³/mol. The van der Waals surface area contributed by atoms with Crippen LogP contribution < -0.4 is 15.8 Å². The number of ether oxygens (including phenoxy) is 1. The highest BCUT2D eigenvalue weighted by molar-refractivity contribution is 5.96. The molecular weight excluding hydrogens is 286 g/mol. The minimum absolute atomic E-state index is 0.225. The summed E-state index contributed by atoms with van der Waals surface area (Å²) in [5.74, 6) is 0.127. The van der Waals surface area contributed by atoms with Crippen molar-refractivity contribution in [3.8, 4) is 5.75 Å². The Labute approximate surface area is 127 Å². The lowest BCUT2D eigenvalue weighted by Gasteiger charge is -2.16. The van der Waals surface area contributed by atoms with Crippen LogP contribution in [0.5, 0.6) is 5.75 Å². The molecule has 1 aromatic heterocycles. The molecule has 1 heterocycles. The quantitative estimate of drug-likeness (QED) is 0.875. The number of nitrogens with two attached hydrogens (primary N) is 1. The highest BCUT2D eigenvalue weighted by Gasteiger charge is 2.19. The molecule has 2 amide bonds. The molecule has 2 aromatic rings. The standard InChI is InChI=1S/C15H17N3O4/c1-8-4-5-11(14(16)19)12(6-8)21-10(3)15(20)17-13-7-9(2)22-18-13/h4-7,10H,1-3H3,(H2,16,19)(H,17,18,20)/t10-/m0/s1. The van der Waals surface area contributed by atoms with E-state index in [-0.39, 0.29) is 11.3 Å². The van der Waals surface area contributed by atoms with E-state index in [9.17, 15) is 9.59 Å². The number of amides is 2. The van der Waals surface area contributed by atoms with Crippen molar-refractivity contribution in [1.82, 2.24) is 5.16 Å². The second kappa shape index (κ2) is 6.30. The molecule has 0 spiro atoms. The third-order valence-corrected chi connectivity index (χ3v) is 2.95. The first-order chi connectivity index (χ1) is 10.4. The summed E-state index contributed by atoms with van der Waals surface area (Å²) >= 11 is 0. The molecule has 1 aromatic carbocycles. The fraction of sp³-hybridized carbons (Fsp3) is 0.267. The molecule has 0 bridgehead atoms. The Morgan fingerprint density at radius 2 is 2.05 bits per heavy atom. The molecule has 2 rings (SSSR count). The van der Waals surface area contributed by atoms with Gasteiger partial charge in [0.25, 0.3) is 11.8 Å². The van der Waals surface area contributed by atoms with Crippen LogP contribution in [0.2, 0.25) is 0 Å². The second-order valence-electron chi connectivity index (χ2n) is 4.94. The monoisotopic (exact) mass is 303 g/mol. The van der Waals surface area contributed by atoms with Crippen molar-refractivity contribution in [3.63, 3.8) is 0 Å². The van der Waals surface area contributed by atoms with Gasteiger partial charge in [-0.2, -0.15) is 0 Å². The van der Waals surface area contributed by atoms with Gasteiger partial charge in [0.15, 0.2) is 11.9 Å². The molecule has 1 atom stereocenters. The van der Waals surface area contributed by atoms with E-state index in [0.717, 1.165) is 5.56 Å². The smallest absolute Gasteiger partial charge is 0.266 e. The van der Waals surface area contributed by atoms with E-state index < -0.39 is 17.9 Å². The molecule has 0 saturated carbocycles. The van der Waals surface area contributed by atoms with Gasteiger partial charge < -0.3 is 20.3 Å². The topological polar surface area (TPSA) is 107 Å². The lowest BCUT2D eigenvalue weighted by Crippen LogP contribution is -2.31. The SMILES string of the molecule is Cc1ccc(C(N)=O)c(O[C@@H](C)C(=O)Nc2cc(C)on2)c1. The summed E-state index contributed by atoms with van der Waals surface area (Å²) in [7, 11) is 0. The summed E-state index contributed by atoms with van der Waals surface area (Å²) in [6.45, 7) is 5.13. The first-order valence-corrected chi connectivity index (χ1v) is 6.68. The fourth-order valence-corrected chi connectivity index (χ4v) is 1.83. The molecule has 0 saturated heterocycles. The number of benzene rings is 1. The summed E-state index contributed by atoms with van der Waals surface area (Å²) in [6, 6.07) is 6.56. The molecule has 0 radical (unpaired) electrons. The van der Waals surface area contributed by atoms with Crippen LogP contribution >= 0.6 is 0 Å². The number of nitrogens with one attached hydrogen (secondary N) is 1. The van der Waals surface area contributed by atoms with Gasteiger partial charge in [-0.3, -0.25) is 9.59 Å². The fourth-order valence-electron chi connectivity index (χ4n) is 1.83. The number of hydrogen-bond donors (Lipinski definition) is 2. The third kappa shape index (κ3) is 3.63. The van der Waals surface area contributed by atoms with Gasteiger partial charge in [0.2, 0.25) is 0 Å².